The maximum absolute atomic E-state index is 13.3. The molecule has 2 aromatic heterocycles. The number of pyridine rings is 1. The van der Waals surface area contributed by atoms with Crippen molar-refractivity contribution in [3.8, 4) is 22.4 Å². The van der Waals surface area contributed by atoms with E-state index in [1.54, 1.807) is 7.11 Å². The minimum atomic E-state index is 0.0976. The lowest BCUT2D eigenvalue weighted by molar-refractivity contribution is -0.140. The first kappa shape index (κ1) is 27.0. The summed E-state index contributed by atoms with van der Waals surface area (Å²) < 4.78 is 7.79. The van der Waals surface area contributed by atoms with Crippen LogP contribution in [0.4, 0.5) is 0 Å². The van der Waals surface area contributed by atoms with Gasteiger partial charge in [0.05, 0.1) is 17.5 Å². The van der Waals surface area contributed by atoms with Crippen LogP contribution in [-0.2, 0) is 16.1 Å². The molecule has 0 N–H and O–H groups in total. The van der Waals surface area contributed by atoms with Gasteiger partial charge in [0.2, 0.25) is 5.91 Å². The Bertz CT molecular complexity index is 1490. The molecule has 0 bridgehead atoms. The Kier molecular flexibility index (Phi) is 7.92. The Labute approximate surface area is 241 Å². The lowest BCUT2D eigenvalue weighted by atomic mass is 9.86. The summed E-state index contributed by atoms with van der Waals surface area (Å²) in [5.74, 6) is 0.404. The van der Waals surface area contributed by atoms with Gasteiger partial charge in [-0.2, -0.15) is 0 Å². The molecule has 1 amide bonds. The molecule has 1 saturated carbocycles. The number of piperazine rings is 1. The van der Waals surface area contributed by atoms with Gasteiger partial charge in [-0.15, -0.1) is 0 Å². The van der Waals surface area contributed by atoms with Crippen LogP contribution >= 0.6 is 11.6 Å². The van der Waals surface area contributed by atoms with Gasteiger partial charge in [0.15, 0.2) is 0 Å². The van der Waals surface area contributed by atoms with Crippen LogP contribution in [-0.4, -0.2) is 64.5 Å². The number of aryl methyl sites for hydroxylation is 1. The quantitative estimate of drug-likeness (QED) is 0.273. The van der Waals surface area contributed by atoms with E-state index in [2.05, 4.69) is 69.8 Å². The first-order valence-corrected chi connectivity index (χ1v) is 14.7. The van der Waals surface area contributed by atoms with E-state index >= 15 is 0 Å². The predicted octanol–water partition coefficient (Wildman–Crippen LogP) is 6.48. The molecule has 0 radical (unpaired) electrons. The number of imidazole rings is 1. The van der Waals surface area contributed by atoms with Crippen LogP contribution in [0.5, 0.6) is 0 Å². The van der Waals surface area contributed by atoms with E-state index in [9.17, 15) is 4.79 Å². The fraction of sp³-hybridized carbons (Fsp3) is 0.394. The second kappa shape index (κ2) is 11.7. The number of carbonyl (C=O) groups is 1. The Morgan fingerprint density at radius 2 is 1.73 bits per heavy atom. The SMILES string of the molecule is CO[C@H]1CCC[C@@H](C(=O)N2CCN(Cc3c(-c4ccc(C)cc4)nc4ccc(-c5ccccc5Cl)cn34)CC2)C1. The van der Waals surface area contributed by atoms with Gasteiger partial charge in [-0.25, -0.2) is 4.98 Å². The average molecular weight is 557 g/mol. The molecule has 0 spiro atoms. The molecule has 1 aliphatic heterocycles. The monoisotopic (exact) mass is 556 g/mol. The molecular weight excluding hydrogens is 520 g/mol. The molecule has 1 saturated heterocycles. The van der Waals surface area contributed by atoms with Gasteiger partial charge in [0, 0.05) is 68.1 Å². The molecule has 7 heteroatoms. The highest BCUT2D eigenvalue weighted by atomic mass is 35.5. The summed E-state index contributed by atoms with van der Waals surface area (Å²) >= 11 is 6.56. The number of carbonyl (C=O) groups excluding carboxylic acids is 1. The zero-order valence-corrected chi connectivity index (χ0v) is 24.1. The largest absolute Gasteiger partial charge is 0.381 e. The average Bonchev–Trinajstić information content (AvgIpc) is 3.35. The van der Waals surface area contributed by atoms with Gasteiger partial charge < -0.3 is 14.0 Å². The van der Waals surface area contributed by atoms with E-state index in [1.165, 1.54) is 5.56 Å². The highest BCUT2D eigenvalue weighted by Crippen LogP contribution is 2.32. The lowest BCUT2D eigenvalue weighted by Gasteiger charge is -2.38. The third-order valence-corrected chi connectivity index (χ3v) is 8.92. The topological polar surface area (TPSA) is 50.1 Å². The second-order valence-electron chi connectivity index (χ2n) is 11.2. The number of fused-ring (bicyclic) bond motifs is 1. The number of ether oxygens (including phenoxy) is 1. The van der Waals surface area contributed by atoms with E-state index in [4.69, 9.17) is 21.3 Å². The zero-order chi connectivity index (χ0) is 27.6. The highest BCUT2D eigenvalue weighted by Gasteiger charge is 2.32. The lowest BCUT2D eigenvalue weighted by Crippen LogP contribution is -2.50. The van der Waals surface area contributed by atoms with Crippen LogP contribution in [0.25, 0.3) is 28.0 Å². The van der Waals surface area contributed by atoms with Gasteiger partial charge in [0.1, 0.15) is 5.65 Å². The number of aromatic nitrogens is 2. The van der Waals surface area contributed by atoms with Gasteiger partial charge in [-0.1, -0.05) is 66.0 Å². The summed E-state index contributed by atoms with van der Waals surface area (Å²) in [4.78, 5) is 22.9. The summed E-state index contributed by atoms with van der Waals surface area (Å²) in [6.07, 6.45) is 6.34. The summed E-state index contributed by atoms with van der Waals surface area (Å²) in [6, 6.07) is 20.7. The van der Waals surface area contributed by atoms with E-state index in [-0.39, 0.29) is 12.0 Å². The first-order chi connectivity index (χ1) is 19.5. The maximum atomic E-state index is 13.3. The van der Waals surface area contributed by atoms with Gasteiger partial charge in [0.25, 0.3) is 0 Å². The number of amides is 1. The van der Waals surface area contributed by atoms with Crippen molar-refractivity contribution in [1.29, 1.82) is 0 Å². The van der Waals surface area contributed by atoms with Crippen LogP contribution in [0, 0.1) is 12.8 Å². The number of rotatable bonds is 6. The number of hydrogen-bond acceptors (Lipinski definition) is 4. The molecule has 208 valence electrons. The van der Waals surface area contributed by atoms with Crippen LogP contribution < -0.4 is 0 Å². The Balaban J connectivity index is 1.26. The summed E-state index contributed by atoms with van der Waals surface area (Å²) in [5.41, 5.74) is 7.48. The van der Waals surface area contributed by atoms with Crippen LogP contribution in [0.3, 0.4) is 0 Å². The van der Waals surface area contributed by atoms with Crippen molar-refractivity contribution in [1.82, 2.24) is 19.2 Å². The smallest absolute Gasteiger partial charge is 0.225 e. The fourth-order valence-corrected chi connectivity index (χ4v) is 6.47. The Morgan fingerprint density at radius 3 is 2.48 bits per heavy atom. The van der Waals surface area contributed by atoms with Crippen molar-refractivity contribution in [2.45, 2.75) is 45.3 Å². The molecule has 2 atom stereocenters. The third kappa shape index (κ3) is 5.53. The van der Waals surface area contributed by atoms with Gasteiger partial charge >= 0.3 is 0 Å². The zero-order valence-electron chi connectivity index (χ0n) is 23.4. The summed E-state index contributed by atoms with van der Waals surface area (Å²) in [6.45, 7) is 6.07. The first-order valence-electron chi connectivity index (χ1n) is 14.4. The summed E-state index contributed by atoms with van der Waals surface area (Å²) in [5, 5.41) is 0.734. The van der Waals surface area contributed by atoms with Crippen molar-refractivity contribution >= 4 is 23.2 Å². The van der Waals surface area contributed by atoms with Crippen LogP contribution in [0.2, 0.25) is 5.02 Å². The molecule has 2 aromatic carbocycles. The highest BCUT2D eigenvalue weighted by molar-refractivity contribution is 6.33. The molecule has 2 aliphatic rings. The predicted molar refractivity (Wildman–Crippen MR) is 160 cm³/mol. The molecule has 4 aromatic rings. The number of benzene rings is 2. The van der Waals surface area contributed by atoms with Crippen molar-refractivity contribution in [2.24, 2.45) is 5.92 Å². The normalized spacial score (nSPS) is 20.2. The molecule has 6 nitrogen and oxygen atoms in total. The molecule has 0 unspecified atom stereocenters. The molecule has 6 rings (SSSR count). The second-order valence-corrected chi connectivity index (χ2v) is 11.6. The van der Waals surface area contributed by atoms with Gasteiger partial charge in [-0.05, 0) is 49.9 Å². The van der Waals surface area contributed by atoms with Crippen molar-refractivity contribution in [2.75, 3.05) is 33.3 Å². The number of nitrogens with zero attached hydrogens (tertiary/aromatic N) is 4. The van der Waals surface area contributed by atoms with Crippen LogP contribution in [0.1, 0.15) is 36.9 Å². The molecule has 1 aliphatic carbocycles. The molecule has 3 heterocycles. The molecule has 40 heavy (non-hydrogen) atoms. The van der Waals surface area contributed by atoms with Crippen molar-refractivity contribution in [3.63, 3.8) is 0 Å². The Morgan fingerprint density at radius 1 is 0.975 bits per heavy atom. The van der Waals surface area contributed by atoms with E-state index in [0.29, 0.717) is 5.91 Å². The van der Waals surface area contributed by atoms with Crippen LogP contribution in [0.15, 0.2) is 66.9 Å². The standard InChI is InChI=1S/C33H37ClN4O2/c1-23-10-12-24(13-11-23)32-30(38-21-26(14-15-31(38)35-32)28-8-3-4-9-29(28)34)22-36-16-18-37(19-17-36)33(39)25-6-5-7-27(20-25)40-2/h3-4,8-15,21,25,27H,5-7,16-20,22H2,1-2H3/t25-,27+/m1/s1. The number of halogens is 1. The van der Waals surface area contributed by atoms with Crippen molar-refractivity contribution in [3.05, 3.63) is 83.1 Å². The van der Waals surface area contributed by atoms with Crippen molar-refractivity contribution < 1.29 is 9.53 Å². The fourth-order valence-electron chi connectivity index (χ4n) is 6.22. The Hall–Kier alpha value is -3.19. The molecule has 2 fully saturated rings. The minimum absolute atomic E-state index is 0.0976. The van der Waals surface area contributed by atoms with Gasteiger partial charge in [-0.3, -0.25) is 9.69 Å². The maximum Gasteiger partial charge on any atom is 0.225 e. The van der Waals surface area contributed by atoms with E-state index in [1.807, 2.05) is 18.2 Å². The summed E-state index contributed by atoms with van der Waals surface area (Å²) in [7, 11) is 1.76. The number of hydrogen-bond donors (Lipinski definition) is 0. The van der Waals surface area contributed by atoms with E-state index < -0.39 is 0 Å². The molecular formula is C33H37ClN4O2. The van der Waals surface area contributed by atoms with E-state index in [0.717, 1.165) is 97.2 Å². The number of methoxy groups -OCH3 is 1. The third-order valence-electron chi connectivity index (χ3n) is 8.59. The minimum Gasteiger partial charge on any atom is -0.381 e.